The van der Waals surface area contributed by atoms with E-state index in [1.807, 2.05) is 4.90 Å². The van der Waals surface area contributed by atoms with Crippen LogP contribution in [0, 0.1) is 22.0 Å². The van der Waals surface area contributed by atoms with Crippen LogP contribution < -0.4 is 5.56 Å². The average Bonchev–Trinajstić information content (AvgIpc) is 2.56. The Morgan fingerprint density at radius 2 is 1.96 bits per heavy atom. The van der Waals surface area contributed by atoms with E-state index in [-0.39, 0.29) is 18.1 Å². The van der Waals surface area contributed by atoms with Crippen LogP contribution in [0.3, 0.4) is 0 Å². The van der Waals surface area contributed by atoms with Crippen molar-refractivity contribution in [3.05, 3.63) is 38.8 Å². The van der Waals surface area contributed by atoms with Gasteiger partial charge in [-0.2, -0.15) is 0 Å². The van der Waals surface area contributed by atoms with E-state index in [2.05, 4.69) is 0 Å². The van der Waals surface area contributed by atoms with Crippen LogP contribution >= 0.6 is 0 Å². The predicted octanol–water partition coefficient (Wildman–Crippen LogP) is 1.80. The molecule has 7 nitrogen and oxygen atoms in total. The van der Waals surface area contributed by atoms with E-state index in [0.717, 1.165) is 48.3 Å². The Morgan fingerprint density at radius 1 is 1.22 bits per heavy atom. The Hall–Kier alpha value is -2.18. The number of fused-ring (bicyclic) bond motifs is 1. The second-order valence-corrected chi connectivity index (χ2v) is 6.54. The average molecular weight is 319 g/mol. The van der Waals surface area contributed by atoms with Crippen molar-refractivity contribution in [3.63, 3.8) is 0 Å². The number of carbonyl (C=O) groups excluding carboxylic acids is 1. The van der Waals surface area contributed by atoms with Gasteiger partial charge >= 0.3 is 0 Å². The number of amides is 1. The van der Waals surface area contributed by atoms with E-state index >= 15 is 0 Å². The second-order valence-electron chi connectivity index (χ2n) is 6.54. The number of nitrogens with zero attached hydrogens (tertiary/aromatic N) is 3. The summed E-state index contributed by atoms with van der Waals surface area (Å²) in [7, 11) is 0. The number of likely N-dealkylation sites (tertiary alicyclic amines) is 1. The molecule has 0 N–H and O–H groups in total. The summed E-state index contributed by atoms with van der Waals surface area (Å²) in [5.41, 5.74) is -0.570. The van der Waals surface area contributed by atoms with Crippen LogP contribution in [0.2, 0.25) is 0 Å². The lowest BCUT2D eigenvalue weighted by Crippen LogP contribution is -2.46. The first-order chi connectivity index (χ1) is 11.0. The molecule has 1 saturated carbocycles. The van der Waals surface area contributed by atoms with Gasteiger partial charge < -0.3 is 4.90 Å². The highest BCUT2D eigenvalue weighted by Gasteiger charge is 2.32. The summed E-state index contributed by atoms with van der Waals surface area (Å²) < 4.78 is 1.13. The molecule has 2 heterocycles. The molecule has 1 aliphatic carbocycles. The third kappa shape index (κ3) is 3.43. The van der Waals surface area contributed by atoms with Gasteiger partial charge in [0.15, 0.2) is 0 Å². The van der Waals surface area contributed by atoms with E-state index in [1.54, 1.807) is 0 Å². The van der Waals surface area contributed by atoms with E-state index in [4.69, 9.17) is 0 Å². The summed E-state index contributed by atoms with van der Waals surface area (Å²) in [5, 5.41) is 10.8. The molecule has 0 aromatic carbocycles. The highest BCUT2D eigenvalue weighted by atomic mass is 16.6. The van der Waals surface area contributed by atoms with Gasteiger partial charge in [-0.3, -0.25) is 24.3 Å². The summed E-state index contributed by atoms with van der Waals surface area (Å²) in [6.45, 7) is 1.36. The fourth-order valence-electron chi connectivity index (χ4n) is 3.82. The number of pyridine rings is 1. The van der Waals surface area contributed by atoms with Gasteiger partial charge in [0.05, 0.1) is 11.1 Å². The summed E-state index contributed by atoms with van der Waals surface area (Å²) in [5.74, 6) is 1.17. The standard InChI is InChI=1S/C16H21N3O4/c20-15-6-5-14(19(22)23)10-18(15)11-16(21)17-8-7-12-3-1-2-4-13(12)9-17/h5-6,10,12-13H,1-4,7-9,11H2/t12-,13-/m0/s1. The zero-order valence-corrected chi connectivity index (χ0v) is 13.0. The highest BCUT2D eigenvalue weighted by Crippen LogP contribution is 2.36. The lowest BCUT2D eigenvalue weighted by molar-refractivity contribution is -0.385. The van der Waals surface area contributed by atoms with Gasteiger partial charge in [0.25, 0.3) is 11.2 Å². The molecule has 0 bridgehead atoms. The van der Waals surface area contributed by atoms with Crippen LogP contribution in [0.25, 0.3) is 0 Å². The predicted molar refractivity (Wildman–Crippen MR) is 84.0 cm³/mol. The van der Waals surface area contributed by atoms with E-state index in [0.29, 0.717) is 5.92 Å². The number of nitro groups is 1. The number of carbonyl (C=O) groups is 1. The largest absolute Gasteiger partial charge is 0.341 e. The van der Waals surface area contributed by atoms with Crippen molar-refractivity contribution in [2.24, 2.45) is 11.8 Å². The maximum absolute atomic E-state index is 12.5. The molecule has 1 aromatic heterocycles. The number of rotatable bonds is 3. The molecule has 23 heavy (non-hydrogen) atoms. The van der Waals surface area contributed by atoms with Crippen molar-refractivity contribution in [2.45, 2.75) is 38.6 Å². The van der Waals surface area contributed by atoms with Crippen molar-refractivity contribution in [2.75, 3.05) is 13.1 Å². The molecular formula is C16H21N3O4. The normalized spacial score (nSPS) is 24.1. The van der Waals surface area contributed by atoms with E-state index in [1.165, 1.54) is 25.7 Å². The van der Waals surface area contributed by atoms with E-state index in [9.17, 15) is 19.7 Å². The lowest BCUT2D eigenvalue weighted by Gasteiger charge is -2.41. The smallest absolute Gasteiger partial charge is 0.285 e. The molecule has 1 saturated heterocycles. The van der Waals surface area contributed by atoms with Crippen LogP contribution in [0.5, 0.6) is 0 Å². The van der Waals surface area contributed by atoms with E-state index < -0.39 is 10.5 Å². The molecule has 1 amide bonds. The van der Waals surface area contributed by atoms with Crippen LogP contribution in [-0.2, 0) is 11.3 Å². The number of piperidine rings is 1. The Kier molecular flexibility index (Phi) is 4.45. The topological polar surface area (TPSA) is 85.5 Å². The van der Waals surface area contributed by atoms with Crippen LogP contribution in [0.1, 0.15) is 32.1 Å². The molecule has 0 radical (unpaired) electrons. The maximum Gasteiger partial charge on any atom is 0.285 e. The molecule has 2 fully saturated rings. The summed E-state index contributed by atoms with van der Waals surface area (Å²) in [4.78, 5) is 36.3. The van der Waals surface area contributed by atoms with Crippen molar-refractivity contribution < 1.29 is 9.72 Å². The van der Waals surface area contributed by atoms with Gasteiger partial charge in [-0.15, -0.1) is 0 Å². The summed E-state index contributed by atoms with van der Waals surface area (Å²) >= 11 is 0. The fraction of sp³-hybridized carbons (Fsp3) is 0.625. The van der Waals surface area contributed by atoms with Crippen LogP contribution in [0.4, 0.5) is 5.69 Å². The Labute approximate surface area is 134 Å². The van der Waals surface area contributed by atoms with Crippen molar-refractivity contribution >= 4 is 11.6 Å². The van der Waals surface area contributed by atoms with Gasteiger partial charge in [0.2, 0.25) is 5.91 Å². The van der Waals surface area contributed by atoms with Crippen molar-refractivity contribution in [1.29, 1.82) is 0 Å². The number of aromatic nitrogens is 1. The first-order valence-corrected chi connectivity index (χ1v) is 8.17. The van der Waals surface area contributed by atoms with Gasteiger partial charge in [-0.1, -0.05) is 19.3 Å². The zero-order chi connectivity index (χ0) is 16.4. The number of hydrogen-bond acceptors (Lipinski definition) is 4. The molecule has 0 unspecified atom stereocenters. The van der Waals surface area contributed by atoms with Gasteiger partial charge in [0, 0.05) is 25.2 Å². The van der Waals surface area contributed by atoms with Crippen LogP contribution in [0.15, 0.2) is 23.1 Å². The first-order valence-electron chi connectivity index (χ1n) is 8.17. The Balaban J connectivity index is 1.68. The second kappa shape index (κ2) is 6.52. The van der Waals surface area contributed by atoms with Crippen LogP contribution in [-0.4, -0.2) is 33.4 Å². The minimum Gasteiger partial charge on any atom is -0.341 e. The molecule has 3 rings (SSSR count). The third-order valence-corrected chi connectivity index (χ3v) is 5.13. The molecule has 1 aliphatic heterocycles. The summed E-state index contributed by atoms with van der Waals surface area (Å²) in [6, 6.07) is 2.30. The van der Waals surface area contributed by atoms with Crippen molar-refractivity contribution in [3.8, 4) is 0 Å². The zero-order valence-electron chi connectivity index (χ0n) is 13.0. The van der Waals surface area contributed by atoms with Gasteiger partial charge in [-0.05, 0) is 24.7 Å². The molecular weight excluding hydrogens is 298 g/mol. The molecule has 2 aliphatic rings. The molecule has 2 atom stereocenters. The highest BCUT2D eigenvalue weighted by molar-refractivity contribution is 5.76. The van der Waals surface area contributed by atoms with Gasteiger partial charge in [0.1, 0.15) is 6.54 Å². The lowest BCUT2D eigenvalue weighted by atomic mass is 9.75. The Bertz CT molecular complexity index is 670. The minimum absolute atomic E-state index is 0.127. The quantitative estimate of drug-likeness (QED) is 0.628. The first kappa shape index (κ1) is 15.7. The molecule has 7 heteroatoms. The number of hydrogen-bond donors (Lipinski definition) is 0. The monoisotopic (exact) mass is 319 g/mol. The fourth-order valence-corrected chi connectivity index (χ4v) is 3.82. The van der Waals surface area contributed by atoms with Crippen molar-refractivity contribution in [1.82, 2.24) is 9.47 Å². The SMILES string of the molecule is O=C(Cn1cc([N+](=O)[O-])ccc1=O)N1CC[C@@H]2CCCC[C@H]2C1. The third-order valence-electron chi connectivity index (χ3n) is 5.13. The Morgan fingerprint density at radius 3 is 2.70 bits per heavy atom. The molecule has 1 aromatic rings. The molecule has 0 spiro atoms. The molecule has 124 valence electrons. The maximum atomic E-state index is 12.5. The summed E-state index contributed by atoms with van der Waals surface area (Å²) in [6.07, 6.45) is 7.13. The minimum atomic E-state index is -0.562. The van der Waals surface area contributed by atoms with Gasteiger partial charge in [-0.25, -0.2) is 0 Å².